The SMILES string of the molecule is CCCCCNC(=NC)NCC(c1ccc(OC)c(OC)c1)N(C)C.I. The minimum atomic E-state index is 0. The van der Waals surface area contributed by atoms with Crippen LogP contribution in [0.15, 0.2) is 23.2 Å². The van der Waals surface area contributed by atoms with Crippen molar-refractivity contribution in [2.75, 3.05) is 48.5 Å². The smallest absolute Gasteiger partial charge is 0.191 e. The van der Waals surface area contributed by atoms with E-state index in [1.165, 1.54) is 12.8 Å². The van der Waals surface area contributed by atoms with Crippen molar-refractivity contribution >= 4 is 29.9 Å². The highest BCUT2D eigenvalue weighted by Crippen LogP contribution is 2.31. The minimum absolute atomic E-state index is 0. The molecule has 150 valence electrons. The van der Waals surface area contributed by atoms with Gasteiger partial charge < -0.3 is 25.0 Å². The van der Waals surface area contributed by atoms with Crippen LogP contribution < -0.4 is 20.1 Å². The third-order valence-electron chi connectivity index (χ3n) is 4.17. The number of ether oxygens (including phenoxy) is 2. The molecule has 0 spiro atoms. The Kier molecular flexibility index (Phi) is 13.3. The summed E-state index contributed by atoms with van der Waals surface area (Å²) in [5.41, 5.74) is 1.16. The van der Waals surface area contributed by atoms with E-state index in [1.807, 2.05) is 12.1 Å². The molecule has 0 saturated heterocycles. The number of hydrogen-bond donors (Lipinski definition) is 2. The van der Waals surface area contributed by atoms with Gasteiger partial charge in [-0.2, -0.15) is 0 Å². The number of halogens is 1. The van der Waals surface area contributed by atoms with Crippen LogP contribution in [0.1, 0.15) is 37.8 Å². The predicted octanol–water partition coefficient (Wildman–Crippen LogP) is 3.28. The van der Waals surface area contributed by atoms with Crippen LogP contribution >= 0.6 is 24.0 Å². The number of nitrogens with zero attached hydrogens (tertiary/aromatic N) is 2. The van der Waals surface area contributed by atoms with Crippen molar-refractivity contribution in [1.29, 1.82) is 0 Å². The summed E-state index contributed by atoms with van der Waals surface area (Å²) in [5.74, 6) is 2.32. The highest BCUT2D eigenvalue weighted by molar-refractivity contribution is 14.0. The molecule has 2 N–H and O–H groups in total. The lowest BCUT2D eigenvalue weighted by molar-refractivity contribution is 0.295. The molecule has 0 radical (unpaired) electrons. The second-order valence-corrected chi connectivity index (χ2v) is 6.18. The molecule has 1 atom stereocenters. The zero-order valence-corrected chi connectivity index (χ0v) is 19.3. The zero-order valence-electron chi connectivity index (χ0n) is 17.0. The van der Waals surface area contributed by atoms with E-state index in [2.05, 4.69) is 47.6 Å². The summed E-state index contributed by atoms with van der Waals surface area (Å²) in [4.78, 5) is 6.48. The molecule has 6 nitrogen and oxygen atoms in total. The van der Waals surface area contributed by atoms with Gasteiger partial charge in [0, 0.05) is 20.1 Å². The van der Waals surface area contributed by atoms with E-state index in [-0.39, 0.29) is 30.0 Å². The number of likely N-dealkylation sites (N-methyl/N-ethyl adjacent to an activating group) is 1. The molecule has 0 aromatic heterocycles. The maximum absolute atomic E-state index is 5.43. The van der Waals surface area contributed by atoms with Crippen LogP contribution in [-0.2, 0) is 0 Å². The van der Waals surface area contributed by atoms with Gasteiger partial charge in [-0.05, 0) is 38.2 Å². The van der Waals surface area contributed by atoms with Crippen molar-refractivity contribution in [1.82, 2.24) is 15.5 Å². The van der Waals surface area contributed by atoms with Gasteiger partial charge in [-0.3, -0.25) is 4.99 Å². The molecule has 1 unspecified atom stereocenters. The topological polar surface area (TPSA) is 58.1 Å². The lowest BCUT2D eigenvalue weighted by Gasteiger charge is -2.26. The van der Waals surface area contributed by atoms with Crippen molar-refractivity contribution < 1.29 is 9.47 Å². The molecule has 0 heterocycles. The fraction of sp³-hybridized carbons (Fsp3) is 0.632. The van der Waals surface area contributed by atoms with Crippen LogP contribution in [0.2, 0.25) is 0 Å². The molecule has 0 fully saturated rings. The van der Waals surface area contributed by atoms with Crippen molar-refractivity contribution in [3.05, 3.63) is 23.8 Å². The number of benzene rings is 1. The first kappa shape index (κ1) is 24.8. The van der Waals surface area contributed by atoms with Gasteiger partial charge in [0.05, 0.1) is 20.3 Å². The fourth-order valence-corrected chi connectivity index (χ4v) is 2.65. The molecule has 0 aliphatic rings. The summed E-state index contributed by atoms with van der Waals surface area (Å²) >= 11 is 0. The van der Waals surface area contributed by atoms with Gasteiger partial charge in [0.15, 0.2) is 17.5 Å². The number of rotatable bonds is 10. The molecular weight excluding hydrogens is 443 g/mol. The highest BCUT2D eigenvalue weighted by Gasteiger charge is 2.17. The molecule has 0 bridgehead atoms. The third-order valence-corrected chi connectivity index (χ3v) is 4.17. The normalized spacial score (nSPS) is 12.3. The lowest BCUT2D eigenvalue weighted by Crippen LogP contribution is -2.42. The van der Waals surface area contributed by atoms with Crippen molar-refractivity contribution in [2.24, 2.45) is 4.99 Å². The van der Waals surface area contributed by atoms with E-state index < -0.39 is 0 Å². The second-order valence-electron chi connectivity index (χ2n) is 6.18. The Hall–Kier alpha value is -1.22. The van der Waals surface area contributed by atoms with E-state index >= 15 is 0 Å². The predicted molar refractivity (Wildman–Crippen MR) is 120 cm³/mol. The van der Waals surface area contributed by atoms with Crippen molar-refractivity contribution in [3.8, 4) is 11.5 Å². The Bertz CT molecular complexity index is 538. The maximum atomic E-state index is 5.43. The number of aliphatic imine (C=N–C) groups is 1. The highest BCUT2D eigenvalue weighted by atomic mass is 127. The van der Waals surface area contributed by atoms with Gasteiger partial charge in [0.1, 0.15) is 0 Å². The number of nitrogens with one attached hydrogen (secondary N) is 2. The van der Waals surface area contributed by atoms with E-state index in [4.69, 9.17) is 9.47 Å². The van der Waals surface area contributed by atoms with Gasteiger partial charge in [-0.25, -0.2) is 0 Å². The van der Waals surface area contributed by atoms with E-state index in [0.29, 0.717) is 0 Å². The first-order chi connectivity index (χ1) is 12.1. The summed E-state index contributed by atoms with van der Waals surface area (Å²) < 4.78 is 10.8. The van der Waals surface area contributed by atoms with Crippen LogP contribution in [0.4, 0.5) is 0 Å². The van der Waals surface area contributed by atoms with E-state index in [1.54, 1.807) is 21.3 Å². The fourth-order valence-electron chi connectivity index (χ4n) is 2.65. The first-order valence-corrected chi connectivity index (χ1v) is 8.90. The Morgan fingerprint density at radius 3 is 2.35 bits per heavy atom. The van der Waals surface area contributed by atoms with Gasteiger partial charge >= 0.3 is 0 Å². The van der Waals surface area contributed by atoms with E-state index in [0.717, 1.165) is 42.5 Å². The van der Waals surface area contributed by atoms with Crippen LogP contribution in [0.25, 0.3) is 0 Å². The molecule has 0 amide bonds. The summed E-state index contributed by atoms with van der Waals surface area (Å²) in [6.45, 7) is 3.89. The Labute approximate surface area is 175 Å². The quantitative estimate of drug-likeness (QED) is 0.234. The minimum Gasteiger partial charge on any atom is -0.493 e. The van der Waals surface area contributed by atoms with Crippen molar-refractivity contribution in [2.45, 2.75) is 32.2 Å². The largest absolute Gasteiger partial charge is 0.493 e. The first-order valence-electron chi connectivity index (χ1n) is 8.90. The molecule has 0 aliphatic carbocycles. The van der Waals surface area contributed by atoms with Crippen LogP contribution in [0.3, 0.4) is 0 Å². The third kappa shape index (κ3) is 7.99. The van der Waals surface area contributed by atoms with Crippen LogP contribution in [0, 0.1) is 0 Å². The Morgan fingerprint density at radius 2 is 1.81 bits per heavy atom. The lowest BCUT2D eigenvalue weighted by atomic mass is 10.1. The number of unbranched alkanes of at least 4 members (excludes halogenated alkanes) is 2. The summed E-state index contributed by atoms with van der Waals surface area (Å²) in [6, 6.07) is 6.24. The summed E-state index contributed by atoms with van der Waals surface area (Å²) in [7, 11) is 9.25. The second kappa shape index (κ2) is 13.9. The van der Waals surface area contributed by atoms with Gasteiger partial charge in [0.25, 0.3) is 0 Å². The van der Waals surface area contributed by atoms with Crippen LogP contribution in [-0.4, -0.2) is 59.3 Å². The number of hydrogen-bond acceptors (Lipinski definition) is 4. The average molecular weight is 478 g/mol. The van der Waals surface area contributed by atoms with Gasteiger partial charge in [-0.15, -0.1) is 24.0 Å². The monoisotopic (exact) mass is 478 g/mol. The van der Waals surface area contributed by atoms with Crippen molar-refractivity contribution in [3.63, 3.8) is 0 Å². The standard InChI is InChI=1S/C19H34N4O2.HI/c1-7-8-9-12-21-19(20-2)22-14-16(23(3)4)15-10-11-17(24-5)18(13-15)25-6;/h10-11,13,16H,7-9,12,14H2,1-6H3,(H2,20,21,22);1H. The molecule has 1 rings (SSSR count). The average Bonchev–Trinajstić information content (AvgIpc) is 2.63. The molecule has 0 saturated carbocycles. The van der Waals surface area contributed by atoms with Gasteiger partial charge in [-0.1, -0.05) is 25.8 Å². The molecule has 26 heavy (non-hydrogen) atoms. The Balaban J connectivity index is 0.00000625. The number of guanidine groups is 1. The van der Waals surface area contributed by atoms with Crippen LogP contribution in [0.5, 0.6) is 11.5 Å². The molecular formula is C19H35IN4O2. The zero-order chi connectivity index (χ0) is 18.7. The molecule has 7 heteroatoms. The van der Waals surface area contributed by atoms with Gasteiger partial charge in [0.2, 0.25) is 0 Å². The summed E-state index contributed by atoms with van der Waals surface area (Å²) in [5, 5.41) is 6.78. The molecule has 1 aromatic rings. The van der Waals surface area contributed by atoms with E-state index in [9.17, 15) is 0 Å². The maximum Gasteiger partial charge on any atom is 0.191 e. The Morgan fingerprint density at radius 1 is 1.12 bits per heavy atom. The number of methoxy groups -OCH3 is 2. The molecule has 0 aliphatic heterocycles. The molecule has 1 aromatic carbocycles. The summed E-state index contributed by atoms with van der Waals surface area (Å²) in [6.07, 6.45) is 3.61.